The Labute approximate surface area is 114 Å². The number of benzene rings is 1. The van der Waals surface area contributed by atoms with E-state index in [1.165, 1.54) is 12.1 Å². The molecule has 17 heavy (non-hydrogen) atoms. The lowest BCUT2D eigenvalue weighted by Crippen LogP contribution is -2.07. The molecule has 0 saturated heterocycles. The third-order valence-electron chi connectivity index (χ3n) is 2.42. The number of nitro benzene ring substituents is 1. The van der Waals surface area contributed by atoms with Gasteiger partial charge in [0.1, 0.15) is 0 Å². The van der Waals surface area contributed by atoms with E-state index in [0.717, 1.165) is 22.9 Å². The number of nitrogens with zero attached hydrogens (tertiary/aromatic N) is 1. The normalized spacial score (nSPS) is 12.8. The third kappa shape index (κ3) is 4.64. The molecule has 1 atom stereocenters. The molecule has 94 valence electrons. The Balaban J connectivity index is 2.75. The number of hydrogen-bond donors (Lipinski definition) is 0. The second-order valence-corrected chi connectivity index (χ2v) is 5.94. The van der Waals surface area contributed by atoms with Crippen LogP contribution in [0.3, 0.4) is 0 Å². The smallest absolute Gasteiger partial charge is 0.258 e. The summed E-state index contributed by atoms with van der Waals surface area (Å²) < 4.78 is 0.751. The first-order valence-electron chi connectivity index (χ1n) is 5.47. The Morgan fingerprint density at radius 1 is 1.47 bits per heavy atom. The van der Waals surface area contributed by atoms with Gasteiger partial charge in [0.15, 0.2) is 0 Å². The Bertz CT molecular complexity index is 409. The summed E-state index contributed by atoms with van der Waals surface area (Å²) in [7, 11) is 0. The van der Waals surface area contributed by atoms with Crippen LogP contribution >= 0.6 is 27.5 Å². The molecule has 0 aliphatic heterocycles. The summed E-state index contributed by atoms with van der Waals surface area (Å²) in [4.78, 5) is 10.2. The number of halogens is 2. The fraction of sp³-hybridized carbons (Fsp3) is 0.500. The van der Waals surface area contributed by atoms with Crippen LogP contribution in [0.1, 0.15) is 25.8 Å². The van der Waals surface area contributed by atoms with Crippen LogP contribution in [-0.2, 0) is 6.42 Å². The SMILES string of the molecule is CC(C)CC(Cl)Cc1ccc([N+](=O)[O-])cc1Br. The molecule has 0 N–H and O–H groups in total. The van der Waals surface area contributed by atoms with Gasteiger partial charge in [0.2, 0.25) is 0 Å². The molecule has 1 aromatic rings. The quantitative estimate of drug-likeness (QED) is 0.453. The van der Waals surface area contributed by atoms with E-state index in [-0.39, 0.29) is 11.1 Å². The maximum absolute atomic E-state index is 10.6. The molecular formula is C12H15BrClNO2. The lowest BCUT2D eigenvalue weighted by Gasteiger charge is -2.12. The molecule has 0 radical (unpaired) electrons. The molecule has 0 aliphatic carbocycles. The summed E-state index contributed by atoms with van der Waals surface area (Å²) in [6.45, 7) is 4.25. The van der Waals surface area contributed by atoms with Crippen LogP contribution in [0.15, 0.2) is 22.7 Å². The molecule has 5 heteroatoms. The van der Waals surface area contributed by atoms with E-state index in [1.54, 1.807) is 6.07 Å². The number of nitro groups is 1. The first kappa shape index (κ1) is 14.5. The Hall–Kier alpha value is -0.610. The molecule has 0 aliphatic rings. The Kier molecular flexibility index (Phi) is 5.40. The summed E-state index contributed by atoms with van der Waals surface area (Å²) in [6, 6.07) is 4.80. The lowest BCUT2D eigenvalue weighted by molar-refractivity contribution is -0.384. The average molecular weight is 321 g/mol. The molecule has 0 saturated carbocycles. The molecule has 1 aromatic carbocycles. The molecule has 0 amide bonds. The predicted molar refractivity (Wildman–Crippen MR) is 73.6 cm³/mol. The molecule has 0 fully saturated rings. The number of alkyl halides is 1. The van der Waals surface area contributed by atoms with Crippen LogP contribution in [0.5, 0.6) is 0 Å². The van der Waals surface area contributed by atoms with E-state index in [4.69, 9.17) is 11.6 Å². The van der Waals surface area contributed by atoms with Crippen molar-refractivity contribution in [1.29, 1.82) is 0 Å². The minimum Gasteiger partial charge on any atom is -0.258 e. The zero-order valence-corrected chi connectivity index (χ0v) is 12.2. The van der Waals surface area contributed by atoms with Crippen LogP contribution in [0.2, 0.25) is 0 Å². The third-order valence-corrected chi connectivity index (χ3v) is 3.49. The van der Waals surface area contributed by atoms with Gasteiger partial charge >= 0.3 is 0 Å². The van der Waals surface area contributed by atoms with Crippen LogP contribution < -0.4 is 0 Å². The summed E-state index contributed by atoms with van der Waals surface area (Å²) in [5.41, 5.74) is 1.10. The van der Waals surface area contributed by atoms with Crippen molar-refractivity contribution < 1.29 is 4.92 Å². The number of non-ortho nitro benzene ring substituents is 1. The van der Waals surface area contributed by atoms with E-state index in [2.05, 4.69) is 29.8 Å². The fourth-order valence-electron chi connectivity index (χ4n) is 1.65. The van der Waals surface area contributed by atoms with Crippen LogP contribution in [0.4, 0.5) is 5.69 Å². The van der Waals surface area contributed by atoms with Gasteiger partial charge in [0, 0.05) is 22.0 Å². The summed E-state index contributed by atoms with van der Waals surface area (Å²) in [5.74, 6) is 0.550. The van der Waals surface area contributed by atoms with Crippen molar-refractivity contribution in [2.75, 3.05) is 0 Å². The maximum Gasteiger partial charge on any atom is 0.270 e. The van der Waals surface area contributed by atoms with E-state index in [0.29, 0.717) is 5.92 Å². The molecule has 3 nitrogen and oxygen atoms in total. The van der Waals surface area contributed by atoms with Crippen LogP contribution in [-0.4, -0.2) is 10.3 Å². The van der Waals surface area contributed by atoms with Crippen molar-refractivity contribution >= 4 is 33.2 Å². The lowest BCUT2D eigenvalue weighted by atomic mass is 10.0. The van der Waals surface area contributed by atoms with E-state index >= 15 is 0 Å². The van der Waals surface area contributed by atoms with Gasteiger partial charge in [-0.15, -0.1) is 11.6 Å². The monoisotopic (exact) mass is 319 g/mol. The molecule has 1 rings (SSSR count). The topological polar surface area (TPSA) is 43.1 Å². The first-order valence-corrected chi connectivity index (χ1v) is 6.70. The second kappa shape index (κ2) is 6.36. The van der Waals surface area contributed by atoms with Crippen molar-refractivity contribution in [3.8, 4) is 0 Å². The van der Waals surface area contributed by atoms with Gasteiger partial charge in [-0.25, -0.2) is 0 Å². The minimum absolute atomic E-state index is 0.0627. The highest BCUT2D eigenvalue weighted by molar-refractivity contribution is 9.10. The van der Waals surface area contributed by atoms with Crippen molar-refractivity contribution in [3.05, 3.63) is 38.3 Å². The highest BCUT2D eigenvalue weighted by Gasteiger charge is 2.13. The van der Waals surface area contributed by atoms with Crippen molar-refractivity contribution in [2.24, 2.45) is 5.92 Å². The predicted octanol–water partition coefficient (Wildman–Crippen LogP) is 4.55. The Morgan fingerprint density at radius 3 is 2.59 bits per heavy atom. The minimum atomic E-state index is -0.402. The average Bonchev–Trinajstić information content (AvgIpc) is 2.19. The standard InChI is InChI=1S/C12H15BrClNO2/c1-8(2)5-10(14)6-9-3-4-11(15(16)17)7-12(9)13/h3-4,7-8,10H,5-6H2,1-2H3. The largest absolute Gasteiger partial charge is 0.270 e. The maximum atomic E-state index is 10.6. The van der Waals surface area contributed by atoms with Gasteiger partial charge in [-0.2, -0.15) is 0 Å². The van der Waals surface area contributed by atoms with Gasteiger partial charge < -0.3 is 0 Å². The van der Waals surface area contributed by atoms with Gasteiger partial charge in [0.25, 0.3) is 5.69 Å². The van der Waals surface area contributed by atoms with Crippen molar-refractivity contribution in [2.45, 2.75) is 32.1 Å². The van der Waals surface area contributed by atoms with E-state index < -0.39 is 4.92 Å². The van der Waals surface area contributed by atoms with Gasteiger partial charge in [0.05, 0.1) is 4.92 Å². The number of rotatable bonds is 5. The molecule has 0 bridgehead atoms. The first-order chi connectivity index (χ1) is 7.90. The second-order valence-electron chi connectivity index (χ2n) is 4.46. The van der Waals surface area contributed by atoms with Gasteiger partial charge in [-0.3, -0.25) is 10.1 Å². The zero-order valence-electron chi connectivity index (χ0n) is 9.82. The van der Waals surface area contributed by atoms with Crippen molar-refractivity contribution in [1.82, 2.24) is 0 Å². The summed E-state index contributed by atoms with van der Waals surface area (Å²) in [6.07, 6.45) is 1.66. The number of hydrogen-bond acceptors (Lipinski definition) is 2. The highest BCUT2D eigenvalue weighted by Crippen LogP contribution is 2.26. The molecule has 0 heterocycles. The van der Waals surface area contributed by atoms with Crippen LogP contribution in [0, 0.1) is 16.0 Å². The summed E-state index contributed by atoms with van der Waals surface area (Å²) in [5, 5.41) is 10.7. The molecule has 1 unspecified atom stereocenters. The highest BCUT2D eigenvalue weighted by atomic mass is 79.9. The molecule has 0 spiro atoms. The van der Waals surface area contributed by atoms with E-state index in [1.807, 2.05) is 0 Å². The van der Waals surface area contributed by atoms with Gasteiger partial charge in [-0.1, -0.05) is 35.8 Å². The Morgan fingerprint density at radius 2 is 2.12 bits per heavy atom. The summed E-state index contributed by atoms with van der Waals surface area (Å²) >= 11 is 9.58. The molecular weight excluding hydrogens is 305 g/mol. The van der Waals surface area contributed by atoms with Gasteiger partial charge in [-0.05, 0) is 24.3 Å². The van der Waals surface area contributed by atoms with Crippen molar-refractivity contribution in [3.63, 3.8) is 0 Å². The zero-order chi connectivity index (χ0) is 13.0. The van der Waals surface area contributed by atoms with E-state index in [9.17, 15) is 10.1 Å². The molecule has 0 aromatic heterocycles. The fourth-order valence-corrected chi connectivity index (χ4v) is 2.70. The van der Waals surface area contributed by atoms with Crippen LogP contribution in [0.25, 0.3) is 0 Å².